The van der Waals surface area contributed by atoms with Crippen LogP contribution >= 0.6 is 11.6 Å². The Balaban J connectivity index is 2.21. The van der Waals surface area contributed by atoms with Gasteiger partial charge in [-0.25, -0.2) is 9.78 Å². The number of hydrogen-bond acceptors (Lipinski definition) is 7. The summed E-state index contributed by atoms with van der Waals surface area (Å²) in [6, 6.07) is 6.79. The van der Waals surface area contributed by atoms with Crippen LogP contribution in [0.2, 0.25) is 5.02 Å². The Labute approximate surface area is 145 Å². The smallest absolute Gasteiger partial charge is 0.347 e. The third-order valence-electron chi connectivity index (χ3n) is 3.53. The molecule has 0 spiro atoms. The molecular weight excluding hydrogens is 352 g/mol. The van der Waals surface area contributed by atoms with Gasteiger partial charge in [-0.2, -0.15) is 0 Å². The van der Waals surface area contributed by atoms with E-state index < -0.39 is 10.5 Å². The van der Waals surface area contributed by atoms with Crippen molar-refractivity contribution >= 4 is 28.2 Å². The van der Waals surface area contributed by atoms with Crippen molar-refractivity contribution in [2.24, 2.45) is 0 Å². The molecule has 0 unspecified atom stereocenters. The molecule has 0 aliphatic heterocycles. The Morgan fingerprint density at radius 2 is 1.84 bits per heavy atom. The van der Waals surface area contributed by atoms with Gasteiger partial charge in [0.15, 0.2) is 11.5 Å². The van der Waals surface area contributed by atoms with Gasteiger partial charge in [0.2, 0.25) is 5.89 Å². The van der Waals surface area contributed by atoms with Crippen LogP contribution in [0.4, 0.5) is 5.69 Å². The molecule has 25 heavy (non-hydrogen) atoms. The highest BCUT2D eigenvalue weighted by Gasteiger charge is 2.17. The second-order valence-corrected chi connectivity index (χ2v) is 5.36. The van der Waals surface area contributed by atoms with E-state index in [-0.39, 0.29) is 27.6 Å². The van der Waals surface area contributed by atoms with Gasteiger partial charge in [-0.05, 0) is 6.07 Å². The predicted molar refractivity (Wildman–Crippen MR) is 90.5 cm³/mol. The summed E-state index contributed by atoms with van der Waals surface area (Å²) in [4.78, 5) is 26.8. The van der Waals surface area contributed by atoms with E-state index in [1.54, 1.807) is 0 Å². The molecule has 0 radical (unpaired) electrons. The number of ether oxygens (including phenoxy) is 2. The highest BCUT2D eigenvalue weighted by molar-refractivity contribution is 6.33. The lowest BCUT2D eigenvalue weighted by atomic mass is 10.2. The van der Waals surface area contributed by atoms with E-state index in [4.69, 9.17) is 25.5 Å². The molecule has 0 saturated carbocycles. The standard InChI is InChI=1S/C16H11ClN2O6/c1-23-13-6-10-12(7-14(13)24-2)18-15(25-16(10)20)9-4-3-8(19(21)22)5-11(9)17/h3-7H,1-2H3. The van der Waals surface area contributed by atoms with E-state index in [1.165, 1.54) is 38.5 Å². The van der Waals surface area contributed by atoms with Crippen molar-refractivity contribution in [1.82, 2.24) is 4.98 Å². The first kappa shape index (κ1) is 16.7. The van der Waals surface area contributed by atoms with E-state index in [9.17, 15) is 14.9 Å². The van der Waals surface area contributed by atoms with Crippen molar-refractivity contribution in [3.8, 4) is 23.0 Å². The first-order valence-corrected chi connectivity index (χ1v) is 7.33. The molecule has 0 N–H and O–H groups in total. The number of rotatable bonds is 4. The van der Waals surface area contributed by atoms with Crippen LogP contribution in [-0.2, 0) is 0 Å². The SMILES string of the molecule is COc1cc2nc(-c3ccc([N+](=O)[O-])cc3Cl)oc(=O)c2cc1OC. The number of benzene rings is 2. The average Bonchev–Trinajstić information content (AvgIpc) is 2.60. The number of nitro groups is 1. The van der Waals surface area contributed by atoms with Crippen LogP contribution in [0.25, 0.3) is 22.4 Å². The first-order chi connectivity index (χ1) is 11.9. The minimum atomic E-state index is -0.643. The minimum Gasteiger partial charge on any atom is -0.493 e. The van der Waals surface area contributed by atoms with Crippen LogP contribution in [-0.4, -0.2) is 24.1 Å². The molecule has 1 heterocycles. The van der Waals surface area contributed by atoms with Crippen LogP contribution in [0.3, 0.4) is 0 Å². The molecule has 1 aromatic heterocycles. The van der Waals surface area contributed by atoms with Crippen LogP contribution < -0.4 is 15.1 Å². The largest absolute Gasteiger partial charge is 0.493 e. The monoisotopic (exact) mass is 362 g/mol. The number of nitro benzene ring substituents is 1. The number of fused-ring (bicyclic) bond motifs is 1. The lowest BCUT2D eigenvalue weighted by Crippen LogP contribution is -2.04. The van der Waals surface area contributed by atoms with Gasteiger partial charge in [0.25, 0.3) is 5.69 Å². The fraction of sp³-hybridized carbons (Fsp3) is 0.125. The molecule has 0 saturated heterocycles. The maximum atomic E-state index is 12.3. The summed E-state index contributed by atoms with van der Waals surface area (Å²) in [7, 11) is 2.91. The van der Waals surface area contributed by atoms with E-state index in [1.807, 2.05) is 0 Å². The Morgan fingerprint density at radius 3 is 2.44 bits per heavy atom. The molecule has 0 amide bonds. The third kappa shape index (κ3) is 2.99. The van der Waals surface area contributed by atoms with Crippen molar-refractivity contribution in [3.05, 3.63) is 55.9 Å². The van der Waals surface area contributed by atoms with Crippen LogP contribution in [0.15, 0.2) is 39.5 Å². The summed E-state index contributed by atoms with van der Waals surface area (Å²) in [5.74, 6) is 0.712. The summed E-state index contributed by atoms with van der Waals surface area (Å²) in [6.07, 6.45) is 0. The maximum absolute atomic E-state index is 12.3. The second-order valence-electron chi connectivity index (χ2n) is 4.95. The molecule has 2 aromatic carbocycles. The zero-order valence-electron chi connectivity index (χ0n) is 13.1. The average molecular weight is 363 g/mol. The topological polar surface area (TPSA) is 105 Å². The molecular formula is C16H11ClN2O6. The fourth-order valence-corrected chi connectivity index (χ4v) is 2.56. The first-order valence-electron chi connectivity index (χ1n) is 6.95. The Bertz CT molecular complexity index is 1050. The minimum absolute atomic E-state index is 0.0460. The third-order valence-corrected chi connectivity index (χ3v) is 3.84. The van der Waals surface area contributed by atoms with Gasteiger partial charge in [0, 0.05) is 24.3 Å². The zero-order chi connectivity index (χ0) is 18.1. The predicted octanol–water partition coefficient (Wildman–Crippen LogP) is 3.43. The summed E-state index contributed by atoms with van der Waals surface area (Å²) in [5.41, 5.74) is -0.238. The Hall–Kier alpha value is -3.13. The van der Waals surface area contributed by atoms with Crippen molar-refractivity contribution < 1.29 is 18.8 Å². The molecule has 0 bridgehead atoms. The number of aromatic nitrogens is 1. The van der Waals surface area contributed by atoms with Crippen molar-refractivity contribution in [2.75, 3.05) is 14.2 Å². The quantitative estimate of drug-likeness (QED) is 0.517. The van der Waals surface area contributed by atoms with Gasteiger partial charge in [0.1, 0.15) is 0 Å². The fourth-order valence-electron chi connectivity index (χ4n) is 2.31. The molecule has 9 heteroatoms. The Morgan fingerprint density at radius 1 is 1.16 bits per heavy atom. The summed E-state index contributed by atoms with van der Waals surface area (Å²) >= 11 is 6.07. The number of methoxy groups -OCH3 is 2. The van der Waals surface area contributed by atoms with Gasteiger partial charge in [-0.3, -0.25) is 10.1 Å². The molecule has 8 nitrogen and oxygen atoms in total. The van der Waals surface area contributed by atoms with Gasteiger partial charge in [-0.15, -0.1) is 0 Å². The summed E-state index contributed by atoms with van der Waals surface area (Å²) < 4.78 is 15.6. The summed E-state index contributed by atoms with van der Waals surface area (Å²) in [6.45, 7) is 0. The normalized spacial score (nSPS) is 10.7. The van der Waals surface area contributed by atoms with Gasteiger partial charge in [-0.1, -0.05) is 11.6 Å². The van der Waals surface area contributed by atoms with Crippen molar-refractivity contribution in [2.45, 2.75) is 0 Å². The maximum Gasteiger partial charge on any atom is 0.347 e. The molecule has 0 aliphatic rings. The van der Waals surface area contributed by atoms with Crippen LogP contribution in [0.1, 0.15) is 0 Å². The highest BCUT2D eigenvalue weighted by Crippen LogP contribution is 2.33. The number of non-ortho nitro benzene ring substituents is 1. The molecule has 128 valence electrons. The lowest BCUT2D eigenvalue weighted by Gasteiger charge is -2.09. The van der Waals surface area contributed by atoms with Crippen molar-refractivity contribution in [1.29, 1.82) is 0 Å². The van der Waals surface area contributed by atoms with Gasteiger partial charge < -0.3 is 13.9 Å². The summed E-state index contributed by atoms with van der Waals surface area (Å²) in [5, 5.41) is 11.0. The van der Waals surface area contributed by atoms with Crippen LogP contribution in [0, 0.1) is 10.1 Å². The van der Waals surface area contributed by atoms with E-state index in [0.717, 1.165) is 6.07 Å². The van der Waals surface area contributed by atoms with Crippen molar-refractivity contribution in [3.63, 3.8) is 0 Å². The second kappa shape index (κ2) is 6.40. The number of hydrogen-bond donors (Lipinski definition) is 0. The Kier molecular flexibility index (Phi) is 4.28. The van der Waals surface area contributed by atoms with E-state index in [2.05, 4.69) is 4.98 Å². The zero-order valence-corrected chi connectivity index (χ0v) is 13.9. The molecule has 0 fully saturated rings. The van der Waals surface area contributed by atoms with Crippen LogP contribution in [0.5, 0.6) is 11.5 Å². The molecule has 0 atom stereocenters. The van der Waals surface area contributed by atoms with Gasteiger partial charge >= 0.3 is 5.63 Å². The van der Waals surface area contributed by atoms with E-state index in [0.29, 0.717) is 17.0 Å². The van der Waals surface area contributed by atoms with E-state index >= 15 is 0 Å². The molecule has 3 rings (SSSR count). The number of nitrogens with zero attached hydrogens (tertiary/aromatic N) is 2. The lowest BCUT2D eigenvalue weighted by molar-refractivity contribution is -0.384. The number of halogens is 1. The molecule has 3 aromatic rings. The van der Waals surface area contributed by atoms with Gasteiger partial charge in [0.05, 0.1) is 40.6 Å². The highest BCUT2D eigenvalue weighted by atomic mass is 35.5. The molecule has 0 aliphatic carbocycles.